The van der Waals surface area contributed by atoms with Crippen LogP contribution in [0.2, 0.25) is 0 Å². The van der Waals surface area contributed by atoms with Gasteiger partial charge in [0.25, 0.3) is 0 Å². The van der Waals surface area contributed by atoms with E-state index in [1.54, 1.807) is 0 Å². The van der Waals surface area contributed by atoms with Crippen molar-refractivity contribution in [1.82, 2.24) is 0 Å². The minimum atomic E-state index is -5.05. The van der Waals surface area contributed by atoms with Crippen LogP contribution in [0.5, 0.6) is 0 Å². The van der Waals surface area contributed by atoms with Gasteiger partial charge in [0.2, 0.25) is 0 Å². The minimum absolute atomic E-state index is 0. The molecule has 0 spiro atoms. The first-order valence-electron chi connectivity index (χ1n) is 19.8. The first-order valence-corrected chi connectivity index (χ1v) is 32.0. The number of rotatable bonds is 24. The summed E-state index contributed by atoms with van der Waals surface area (Å²) >= 11 is 0. The summed E-state index contributed by atoms with van der Waals surface area (Å²) in [6, 6.07) is 0. The summed E-state index contributed by atoms with van der Waals surface area (Å²) in [4.78, 5) is 135. The number of hydrogen-bond acceptors (Lipinski definition) is 32. The van der Waals surface area contributed by atoms with Gasteiger partial charge in [-0.1, -0.05) is 0 Å². The summed E-state index contributed by atoms with van der Waals surface area (Å²) in [5.41, 5.74) is 0. The van der Waals surface area contributed by atoms with Gasteiger partial charge in [-0.2, -0.15) is 0 Å². The fraction of sp³-hybridized carbons (Fsp3) is 1.00. The molecule has 0 unspecified atom stereocenters. The van der Waals surface area contributed by atoms with Gasteiger partial charge in [-0.25, -0.2) is 36.5 Å². The topological polar surface area (TPSA) is 848 Å². The monoisotopic (exact) mass is 1440 g/mol. The maximum atomic E-state index is 11.8. The number of phosphoric acid groups is 8. The van der Waals surface area contributed by atoms with Gasteiger partial charge < -0.3 is 159 Å². The third-order valence-electron chi connectivity index (χ3n) is 9.16. The molecule has 0 saturated carbocycles. The summed E-state index contributed by atoms with van der Waals surface area (Å²) in [6.07, 6.45) is -26.0. The molecule has 60 heteroatoms. The first kappa shape index (κ1) is 94.6. The van der Waals surface area contributed by atoms with Crippen molar-refractivity contribution in [2.45, 2.75) is 96.4 Å². The zero-order valence-electron chi connectivity index (χ0n) is 42.4. The Hall–Kier alpha value is 4.24. The van der Waals surface area contributed by atoms with Gasteiger partial charge in [-0.15, -0.1) is 48.8 Å². The van der Waals surface area contributed by atoms with Crippen molar-refractivity contribution in [3.8, 4) is 0 Å². The van der Waals surface area contributed by atoms with Crippen molar-refractivity contribution in [1.29, 1.82) is 0 Å². The van der Waals surface area contributed by atoms with E-state index in [-0.39, 0.29) is 118 Å². The molecule has 0 bridgehead atoms. The van der Waals surface area contributed by atoms with Gasteiger partial charge >= 0.3 is 181 Å². The molecule has 4 aliphatic rings. The molecular weight excluding hydrogens is 1400 g/mol. The molecule has 48 nitrogen and oxygen atoms in total. The van der Waals surface area contributed by atoms with E-state index in [0.717, 1.165) is 0 Å². The molecule has 16 atom stereocenters. The Morgan fingerprint density at radius 3 is 0.500 bits per heavy atom. The molecule has 4 rings (SSSR count). The van der Waals surface area contributed by atoms with Crippen LogP contribution in [0.4, 0.5) is 0 Å². The average molecular weight is 1440 g/mol. The number of phosphoric ester groups is 8. The molecule has 0 aliphatic carbocycles. The Labute approximate surface area is 556 Å². The van der Waals surface area contributed by atoms with E-state index in [4.69, 9.17) is 78.3 Å². The van der Waals surface area contributed by atoms with Crippen molar-refractivity contribution in [2.75, 3.05) is 52.9 Å². The van der Waals surface area contributed by atoms with E-state index in [0.29, 0.717) is 0 Å². The van der Waals surface area contributed by atoms with Crippen molar-refractivity contribution in [3.05, 3.63) is 0 Å². The summed E-state index contributed by atoms with van der Waals surface area (Å²) < 4.78 is 132. The molecule has 0 aromatic rings. The third-order valence-corrected chi connectivity index (χ3v) is 13.0. The summed E-state index contributed by atoms with van der Waals surface area (Å²) in [6.45, 7) is -9.64. The van der Waals surface area contributed by atoms with E-state index in [1.807, 2.05) is 0 Å². The maximum Gasteiger partial charge on any atom is 1.00 e. The fourth-order valence-electron chi connectivity index (χ4n) is 5.70. The maximum absolute atomic E-state index is 11.8. The smallest absolute Gasteiger partial charge is 0.852 e. The average Bonchev–Trinajstić information content (AvgIpc) is 3.82. The Morgan fingerprint density at radius 2 is 0.393 bits per heavy atom. The van der Waals surface area contributed by atoms with Crippen LogP contribution in [0.3, 0.4) is 0 Å². The zero-order chi connectivity index (χ0) is 63.1. The third kappa shape index (κ3) is 35.8. The molecule has 84 heavy (non-hydrogen) atoms. The van der Waals surface area contributed by atoms with E-state index in [1.165, 1.54) is 0 Å². The molecule has 16 N–H and O–H groups in total. The van der Waals surface area contributed by atoms with Gasteiger partial charge in [0, 0.05) is 23.1 Å². The molecule has 0 aromatic carbocycles. The van der Waals surface area contributed by atoms with E-state index < -0.39 is 212 Å². The largest absolute Gasteiger partial charge is 1.00 e. The van der Waals surface area contributed by atoms with Crippen LogP contribution in [0, 0.1) is 0 Å². The minimum Gasteiger partial charge on any atom is -0.852 e. The zero-order valence-corrected chi connectivity index (χ0v) is 57.5. The molecule has 4 fully saturated rings. The van der Waals surface area contributed by atoms with Crippen molar-refractivity contribution < 1.29 is 349 Å². The van der Waals surface area contributed by atoms with Gasteiger partial charge in [0.1, 0.15) is 0 Å². The Kier molecular flexibility index (Phi) is 41.8. The molecule has 4 aliphatic heterocycles. The van der Waals surface area contributed by atoms with Gasteiger partial charge in [0.05, 0.1) is 77.3 Å². The molecule has 0 radical (unpaired) electrons. The van der Waals surface area contributed by atoms with Gasteiger partial charge in [0.15, 0.2) is 0 Å². The number of hydrogen-bond donors (Lipinski definition) is 16. The number of ether oxygens (including phenoxy) is 4. The van der Waals surface area contributed by atoms with Crippen LogP contribution >= 0.6 is 62.6 Å². The molecular formula is C24H44Na4O48P8-8. The van der Waals surface area contributed by atoms with Crippen molar-refractivity contribution in [2.24, 2.45) is 0 Å². The molecule has 4 saturated heterocycles. The van der Waals surface area contributed by atoms with Crippen molar-refractivity contribution in [3.63, 3.8) is 0 Å². The first-order chi connectivity index (χ1) is 35.4. The van der Waals surface area contributed by atoms with E-state index in [9.17, 15) is 97.8 Å². The van der Waals surface area contributed by atoms with Crippen LogP contribution in [-0.2, 0) is 91.7 Å². The standard InChI is InChI=1S/4C6H11O12P2.4Na/c4*7-4-3(1-16-19(10,11)12)18-6(9,5(4)8)2-17-20(13,14)15;;;;/h4*3-5H,1-2H2,(H2,10,11,12)(H2,13,14,15);;;;/q4*-3;4*+1/t4*3-,4-,5+,6-;;;;/m1111..../s1. The second-order valence-electron chi connectivity index (χ2n) is 15.6. The molecule has 480 valence electrons. The van der Waals surface area contributed by atoms with Crippen LogP contribution in [-0.4, -0.2) is 228 Å². The van der Waals surface area contributed by atoms with Gasteiger partial charge in [-0.3, -0.25) is 36.2 Å². The Morgan fingerprint density at radius 1 is 0.274 bits per heavy atom. The predicted molar refractivity (Wildman–Crippen MR) is 205 cm³/mol. The summed E-state index contributed by atoms with van der Waals surface area (Å²) in [7, 11) is -39.9. The quantitative estimate of drug-likeness (QED) is 0.0315. The normalized spacial score (nSPS) is 33.8. The molecule has 4 heterocycles. The van der Waals surface area contributed by atoms with E-state index >= 15 is 0 Å². The van der Waals surface area contributed by atoms with Crippen molar-refractivity contribution >= 4 is 62.6 Å². The van der Waals surface area contributed by atoms with Crippen LogP contribution in [0.1, 0.15) is 0 Å². The van der Waals surface area contributed by atoms with Crippen LogP contribution in [0.25, 0.3) is 0 Å². The Balaban J connectivity index is -0.000000500. The summed E-state index contributed by atoms with van der Waals surface area (Å²) in [5, 5.41) is 139. The predicted octanol–water partition coefficient (Wildman–Crippen LogP) is -31.5. The summed E-state index contributed by atoms with van der Waals surface area (Å²) in [5.74, 6) is -12.3. The van der Waals surface area contributed by atoms with Crippen LogP contribution in [0.15, 0.2) is 0 Å². The Bertz CT molecular complexity index is 2050. The molecule has 0 amide bonds. The second-order valence-corrected chi connectivity index (χ2v) is 25.5. The fourth-order valence-corrected chi connectivity index (χ4v) is 8.46. The second kappa shape index (κ2) is 37.1. The SMILES string of the molecule is O=P(O)(O)OC[C@H]1O[C@]([O-])(COP(=O)(O)O)[C@@H]([O-])[C@@H]1[O-].O=P(O)(O)OC[C@H]1O[C@]([O-])(COP(=O)(O)O)[C@@H]([O-])[C@@H]1[O-].O=P(O)(O)OC[C@H]1O[C@]([O-])(COP(=O)(O)O)[C@@H]([O-])[C@@H]1[O-].O=P(O)(O)OC[C@H]1O[C@]([O-])(COP(=O)(O)O)[C@@H]([O-])[C@@H]1[O-].[Na+].[Na+].[Na+].[Na+]. The molecule has 0 aromatic heterocycles. The van der Waals surface area contributed by atoms with E-state index in [2.05, 4.69) is 55.1 Å². The van der Waals surface area contributed by atoms with Gasteiger partial charge in [-0.05, 0) is 0 Å². The van der Waals surface area contributed by atoms with Crippen LogP contribution < -0.4 is 180 Å².